The Kier molecular flexibility index (Phi) is 4.62. The predicted octanol–water partition coefficient (Wildman–Crippen LogP) is 3.03. The quantitative estimate of drug-likeness (QED) is 0.644. The second kappa shape index (κ2) is 6.04. The summed E-state index contributed by atoms with van der Waals surface area (Å²) in [5, 5.41) is 0. The molecule has 2 rings (SSSR count). The van der Waals surface area contributed by atoms with Gasteiger partial charge >= 0.3 is 0 Å². The van der Waals surface area contributed by atoms with E-state index in [1.165, 1.54) is 6.07 Å². The summed E-state index contributed by atoms with van der Waals surface area (Å²) >= 11 is 1.95. The molecule has 0 unspecified atom stereocenters. The standard InChI is InChI=1S/C13H17FIN3O/c1-8(2)7-19-4-3-18-12-5-9(14)10(15)6-11(12)17-13(18)16/h5-6,8H,3-4,7H2,1-2H3,(H2,16,17). The minimum absolute atomic E-state index is 0.252. The zero-order valence-electron chi connectivity index (χ0n) is 11.0. The summed E-state index contributed by atoms with van der Waals surface area (Å²) in [6, 6.07) is 3.18. The van der Waals surface area contributed by atoms with Gasteiger partial charge in [-0.3, -0.25) is 0 Å². The maximum absolute atomic E-state index is 13.6. The molecule has 0 atom stereocenters. The number of rotatable bonds is 5. The Balaban J connectivity index is 2.18. The molecule has 0 radical (unpaired) electrons. The number of halogens is 2. The average Bonchev–Trinajstić information content (AvgIpc) is 2.61. The summed E-state index contributed by atoms with van der Waals surface area (Å²) in [6.45, 7) is 6.02. The van der Waals surface area contributed by atoms with E-state index < -0.39 is 0 Å². The fourth-order valence-corrected chi connectivity index (χ4v) is 2.30. The Morgan fingerprint density at radius 1 is 1.47 bits per heavy atom. The van der Waals surface area contributed by atoms with E-state index in [1.807, 2.05) is 22.6 Å². The molecular weight excluding hydrogens is 360 g/mol. The Bertz CT molecular complexity index is 583. The molecule has 0 aliphatic rings. The zero-order chi connectivity index (χ0) is 14.0. The van der Waals surface area contributed by atoms with Gasteiger partial charge in [0.2, 0.25) is 5.95 Å². The van der Waals surface area contributed by atoms with Crippen molar-refractivity contribution in [3.63, 3.8) is 0 Å². The van der Waals surface area contributed by atoms with Gasteiger partial charge in [-0.05, 0) is 34.6 Å². The number of nitrogens with zero attached hydrogens (tertiary/aromatic N) is 2. The Morgan fingerprint density at radius 3 is 2.89 bits per heavy atom. The smallest absolute Gasteiger partial charge is 0.201 e. The molecule has 1 heterocycles. The van der Waals surface area contributed by atoms with Crippen molar-refractivity contribution in [3.8, 4) is 0 Å². The van der Waals surface area contributed by atoms with Crippen molar-refractivity contribution in [2.45, 2.75) is 20.4 Å². The van der Waals surface area contributed by atoms with Gasteiger partial charge in [-0.1, -0.05) is 13.8 Å². The first kappa shape index (κ1) is 14.5. The first-order chi connectivity index (χ1) is 8.99. The fraction of sp³-hybridized carbons (Fsp3) is 0.462. The van der Waals surface area contributed by atoms with Gasteiger partial charge < -0.3 is 15.0 Å². The second-order valence-corrected chi connectivity index (χ2v) is 6.01. The third-order valence-electron chi connectivity index (χ3n) is 2.73. The van der Waals surface area contributed by atoms with E-state index in [0.717, 1.165) is 0 Å². The molecule has 0 fully saturated rings. The van der Waals surface area contributed by atoms with E-state index in [1.54, 1.807) is 10.6 Å². The van der Waals surface area contributed by atoms with Crippen molar-refractivity contribution in [3.05, 3.63) is 21.5 Å². The Labute approximate surface area is 125 Å². The van der Waals surface area contributed by atoms with Crippen LogP contribution in [0.5, 0.6) is 0 Å². The van der Waals surface area contributed by atoms with Crippen molar-refractivity contribution in [1.82, 2.24) is 9.55 Å². The Morgan fingerprint density at radius 2 is 2.21 bits per heavy atom. The minimum atomic E-state index is -0.252. The summed E-state index contributed by atoms with van der Waals surface area (Å²) in [5.41, 5.74) is 7.29. The number of imidazole rings is 1. The van der Waals surface area contributed by atoms with Crippen molar-refractivity contribution < 1.29 is 9.13 Å². The number of hydrogen-bond donors (Lipinski definition) is 1. The summed E-state index contributed by atoms with van der Waals surface area (Å²) in [5.74, 6) is 0.637. The van der Waals surface area contributed by atoms with Gasteiger partial charge in [0.15, 0.2) is 0 Å². The van der Waals surface area contributed by atoms with Gasteiger partial charge in [0.25, 0.3) is 0 Å². The topological polar surface area (TPSA) is 53.1 Å². The third kappa shape index (κ3) is 3.36. The van der Waals surface area contributed by atoms with Crippen LogP contribution in [-0.2, 0) is 11.3 Å². The van der Waals surface area contributed by atoms with Gasteiger partial charge in [-0.2, -0.15) is 0 Å². The number of hydrogen-bond acceptors (Lipinski definition) is 3. The predicted molar refractivity (Wildman–Crippen MR) is 82.5 cm³/mol. The highest BCUT2D eigenvalue weighted by Crippen LogP contribution is 2.22. The number of ether oxygens (including phenoxy) is 1. The number of aromatic nitrogens is 2. The molecule has 2 aromatic rings. The maximum atomic E-state index is 13.6. The lowest BCUT2D eigenvalue weighted by Gasteiger charge is -2.09. The van der Waals surface area contributed by atoms with Crippen LogP contribution in [0.2, 0.25) is 0 Å². The van der Waals surface area contributed by atoms with Crippen LogP contribution in [0.25, 0.3) is 11.0 Å². The van der Waals surface area contributed by atoms with Crippen molar-refractivity contribution in [2.75, 3.05) is 18.9 Å². The number of benzene rings is 1. The van der Waals surface area contributed by atoms with Crippen molar-refractivity contribution in [1.29, 1.82) is 0 Å². The maximum Gasteiger partial charge on any atom is 0.201 e. The van der Waals surface area contributed by atoms with Gasteiger partial charge in [0, 0.05) is 19.2 Å². The third-order valence-corrected chi connectivity index (χ3v) is 3.56. The van der Waals surface area contributed by atoms with E-state index in [-0.39, 0.29) is 5.82 Å². The van der Waals surface area contributed by atoms with E-state index in [4.69, 9.17) is 10.5 Å². The highest BCUT2D eigenvalue weighted by molar-refractivity contribution is 14.1. The molecule has 0 bridgehead atoms. The highest BCUT2D eigenvalue weighted by atomic mass is 127. The molecule has 0 saturated carbocycles. The lowest BCUT2D eigenvalue weighted by molar-refractivity contribution is 0.104. The molecule has 104 valence electrons. The van der Waals surface area contributed by atoms with E-state index >= 15 is 0 Å². The van der Waals surface area contributed by atoms with Crippen LogP contribution in [0.3, 0.4) is 0 Å². The number of fused-ring (bicyclic) bond motifs is 1. The van der Waals surface area contributed by atoms with Crippen molar-refractivity contribution in [2.24, 2.45) is 5.92 Å². The normalized spacial score (nSPS) is 11.6. The molecule has 1 aromatic carbocycles. The number of anilines is 1. The fourth-order valence-electron chi connectivity index (χ4n) is 1.85. The average molecular weight is 377 g/mol. The largest absolute Gasteiger partial charge is 0.379 e. The molecule has 6 heteroatoms. The van der Waals surface area contributed by atoms with Gasteiger partial charge in [0.1, 0.15) is 5.82 Å². The molecule has 19 heavy (non-hydrogen) atoms. The molecule has 4 nitrogen and oxygen atoms in total. The Hall–Kier alpha value is -0.890. The van der Waals surface area contributed by atoms with E-state index in [9.17, 15) is 4.39 Å². The van der Waals surface area contributed by atoms with Crippen LogP contribution >= 0.6 is 22.6 Å². The summed E-state index contributed by atoms with van der Waals surface area (Å²) in [7, 11) is 0. The van der Waals surface area contributed by atoms with Crippen LogP contribution in [0.4, 0.5) is 10.3 Å². The zero-order valence-corrected chi connectivity index (χ0v) is 13.1. The van der Waals surface area contributed by atoms with Crippen LogP contribution in [0, 0.1) is 15.3 Å². The van der Waals surface area contributed by atoms with E-state index in [0.29, 0.717) is 46.2 Å². The van der Waals surface area contributed by atoms with Crippen LogP contribution in [0.15, 0.2) is 12.1 Å². The van der Waals surface area contributed by atoms with Crippen molar-refractivity contribution >= 4 is 39.6 Å². The lowest BCUT2D eigenvalue weighted by atomic mass is 10.2. The first-order valence-corrected chi connectivity index (χ1v) is 7.25. The summed E-state index contributed by atoms with van der Waals surface area (Å²) in [6.07, 6.45) is 0. The summed E-state index contributed by atoms with van der Waals surface area (Å²) in [4.78, 5) is 4.24. The highest BCUT2D eigenvalue weighted by Gasteiger charge is 2.11. The molecule has 1 aromatic heterocycles. The molecule has 0 amide bonds. The van der Waals surface area contributed by atoms with Gasteiger partial charge in [-0.25, -0.2) is 9.37 Å². The molecule has 0 spiro atoms. The van der Waals surface area contributed by atoms with Gasteiger partial charge in [-0.15, -0.1) is 0 Å². The molecule has 0 aliphatic heterocycles. The monoisotopic (exact) mass is 377 g/mol. The van der Waals surface area contributed by atoms with E-state index in [2.05, 4.69) is 18.8 Å². The number of nitrogens with two attached hydrogens (primary N) is 1. The SMILES string of the molecule is CC(C)COCCn1c(N)nc2cc(I)c(F)cc21. The lowest BCUT2D eigenvalue weighted by Crippen LogP contribution is -2.11. The first-order valence-electron chi connectivity index (χ1n) is 6.17. The van der Waals surface area contributed by atoms with Crippen LogP contribution < -0.4 is 5.73 Å². The molecule has 0 saturated heterocycles. The van der Waals surface area contributed by atoms with Gasteiger partial charge in [0.05, 0.1) is 21.2 Å². The molecule has 2 N–H and O–H groups in total. The molecule has 0 aliphatic carbocycles. The van der Waals surface area contributed by atoms with Crippen LogP contribution in [-0.4, -0.2) is 22.8 Å². The minimum Gasteiger partial charge on any atom is -0.379 e. The second-order valence-electron chi connectivity index (χ2n) is 4.85. The van der Waals surface area contributed by atoms with Crippen LogP contribution in [0.1, 0.15) is 13.8 Å². The number of nitrogen functional groups attached to an aromatic ring is 1. The molecular formula is C13H17FIN3O. The summed E-state index contributed by atoms with van der Waals surface area (Å²) < 4.78 is 21.5.